The molecular weight excluding hydrogens is 467 g/mol. The molecule has 0 aromatic heterocycles. The van der Waals surface area contributed by atoms with Gasteiger partial charge in [-0.1, -0.05) is 30.3 Å². The molecule has 10 nitrogen and oxygen atoms in total. The van der Waals surface area contributed by atoms with E-state index >= 15 is 0 Å². The summed E-state index contributed by atoms with van der Waals surface area (Å²) >= 11 is 0. The fourth-order valence-corrected chi connectivity index (χ4v) is 6.02. The number of benzene rings is 2. The first-order valence-corrected chi connectivity index (χ1v) is 13.6. The van der Waals surface area contributed by atoms with E-state index in [1.165, 1.54) is 23.1 Å². The Kier molecular flexibility index (Phi) is 6.04. The van der Waals surface area contributed by atoms with Crippen LogP contribution in [0.2, 0.25) is 0 Å². The molecule has 0 aliphatic carbocycles. The Morgan fingerprint density at radius 2 is 1.97 bits per heavy atom. The van der Waals surface area contributed by atoms with Gasteiger partial charge in [0.25, 0.3) is 5.91 Å². The van der Waals surface area contributed by atoms with Gasteiger partial charge in [-0.15, -0.1) is 0 Å². The van der Waals surface area contributed by atoms with E-state index in [4.69, 9.17) is 4.52 Å². The standard InChI is InChI=1S/C21H23N4O6PS/c1-3-31-32(28)18-11-15(24-33(2,29)30)9-10-16(18)22-20(23-32)19-17(26)13-25(21(19)27)12-14-7-5-4-6-8-14/h4-11,24,26H,3,12-13H2,1-2H3,(H,22,23,28). The lowest BCUT2D eigenvalue weighted by Crippen LogP contribution is -2.32. The smallest absolute Gasteiger partial charge is 0.348 e. The summed E-state index contributed by atoms with van der Waals surface area (Å²) in [5, 5.41) is 13.7. The molecule has 0 saturated carbocycles. The summed E-state index contributed by atoms with van der Waals surface area (Å²) in [5.41, 5.74) is 1.36. The van der Waals surface area contributed by atoms with Crippen molar-refractivity contribution in [2.24, 2.45) is 4.76 Å². The van der Waals surface area contributed by atoms with Crippen LogP contribution in [0, 0.1) is 0 Å². The highest BCUT2D eigenvalue weighted by Gasteiger charge is 2.40. The van der Waals surface area contributed by atoms with E-state index < -0.39 is 23.5 Å². The number of aliphatic hydroxyl groups excluding tert-OH is 1. The van der Waals surface area contributed by atoms with Gasteiger partial charge in [0.1, 0.15) is 11.3 Å². The summed E-state index contributed by atoms with van der Waals surface area (Å²) < 4.78 is 48.9. The van der Waals surface area contributed by atoms with E-state index in [2.05, 4.69) is 14.8 Å². The Bertz CT molecular complexity index is 1320. The molecule has 33 heavy (non-hydrogen) atoms. The predicted octanol–water partition coefficient (Wildman–Crippen LogP) is 2.59. The zero-order valence-corrected chi connectivity index (χ0v) is 19.7. The van der Waals surface area contributed by atoms with Crippen molar-refractivity contribution in [3.8, 4) is 0 Å². The molecule has 2 heterocycles. The van der Waals surface area contributed by atoms with E-state index in [1.807, 2.05) is 30.3 Å². The minimum Gasteiger partial charge on any atom is -0.509 e. The minimum absolute atomic E-state index is 0.00717. The summed E-state index contributed by atoms with van der Waals surface area (Å²) in [4.78, 5) is 14.6. The molecule has 1 atom stereocenters. The number of amides is 1. The molecule has 4 rings (SSSR count). The molecule has 0 saturated heterocycles. The molecule has 2 aromatic carbocycles. The lowest BCUT2D eigenvalue weighted by atomic mass is 10.2. The SMILES string of the molecule is CCOP1(=O)N=C(C2=C(O)CN(Cc3ccccc3)C2=O)Nc2ccc(NS(C)(=O)=O)cc21. The second kappa shape index (κ2) is 8.66. The number of hydrogen-bond acceptors (Lipinski definition) is 7. The average molecular weight is 490 g/mol. The molecule has 12 heteroatoms. The molecule has 2 aromatic rings. The van der Waals surface area contributed by atoms with E-state index in [-0.39, 0.29) is 41.3 Å². The van der Waals surface area contributed by atoms with Crippen LogP contribution in [0.25, 0.3) is 0 Å². The van der Waals surface area contributed by atoms with Crippen molar-refractivity contribution >= 4 is 46.0 Å². The number of amidine groups is 1. The van der Waals surface area contributed by atoms with Gasteiger partial charge in [-0.05, 0) is 30.7 Å². The quantitative estimate of drug-likeness (QED) is 0.507. The number of carbonyl (C=O) groups excluding carboxylic acids is 1. The van der Waals surface area contributed by atoms with Gasteiger partial charge in [0.2, 0.25) is 10.0 Å². The van der Waals surface area contributed by atoms with Gasteiger partial charge in [-0.3, -0.25) is 14.1 Å². The number of rotatable bonds is 7. The van der Waals surface area contributed by atoms with E-state index in [0.29, 0.717) is 12.2 Å². The number of sulfonamides is 1. The number of hydrogen-bond donors (Lipinski definition) is 3. The molecule has 0 fully saturated rings. The summed E-state index contributed by atoms with van der Waals surface area (Å²) in [5.74, 6) is -0.699. The Hall–Kier alpha value is -3.14. The third kappa shape index (κ3) is 4.80. The van der Waals surface area contributed by atoms with Gasteiger partial charge in [0, 0.05) is 12.2 Å². The van der Waals surface area contributed by atoms with Crippen LogP contribution in [0.3, 0.4) is 0 Å². The monoisotopic (exact) mass is 490 g/mol. The van der Waals surface area contributed by atoms with Gasteiger partial charge < -0.3 is 19.8 Å². The topological polar surface area (TPSA) is 137 Å². The second-order valence-electron chi connectivity index (χ2n) is 7.59. The third-order valence-electron chi connectivity index (χ3n) is 4.98. The average Bonchev–Trinajstić information content (AvgIpc) is 3.01. The number of aliphatic hydroxyl groups is 1. The van der Waals surface area contributed by atoms with Gasteiger partial charge in [-0.2, -0.15) is 4.76 Å². The number of carbonyl (C=O) groups is 1. The summed E-state index contributed by atoms with van der Waals surface area (Å²) in [6, 6.07) is 13.7. The van der Waals surface area contributed by atoms with Crippen LogP contribution in [-0.4, -0.2) is 49.6 Å². The zero-order chi connectivity index (χ0) is 23.8. The lowest BCUT2D eigenvalue weighted by Gasteiger charge is -2.25. The van der Waals surface area contributed by atoms with Crippen molar-refractivity contribution in [2.75, 3.05) is 29.4 Å². The van der Waals surface area contributed by atoms with Crippen LogP contribution in [0.1, 0.15) is 12.5 Å². The van der Waals surface area contributed by atoms with Crippen LogP contribution in [0.15, 0.2) is 64.6 Å². The minimum atomic E-state index is -3.87. The first kappa shape index (κ1) is 23.0. The molecule has 3 N–H and O–H groups in total. The molecule has 0 radical (unpaired) electrons. The molecule has 2 aliphatic heterocycles. The Labute approximate surface area is 191 Å². The highest BCUT2D eigenvalue weighted by Crippen LogP contribution is 2.52. The van der Waals surface area contributed by atoms with Crippen LogP contribution in [0.4, 0.5) is 11.4 Å². The largest absolute Gasteiger partial charge is 0.509 e. The fraction of sp³-hybridized carbons (Fsp3) is 0.238. The van der Waals surface area contributed by atoms with Crippen molar-refractivity contribution in [1.82, 2.24) is 4.90 Å². The van der Waals surface area contributed by atoms with Crippen LogP contribution < -0.4 is 15.3 Å². The summed E-state index contributed by atoms with van der Waals surface area (Å²) in [6.07, 6.45) is 1.01. The van der Waals surface area contributed by atoms with Gasteiger partial charge >= 0.3 is 7.52 Å². The van der Waals surface area contributed by atoms with Crippen LogP contribution in [0.5, 0.6) is 0 Å². The molecule has 0 bridgehead atoms. The van der Waals surface area contributed by atoms with E-state index in [0.717, 1.165) is 11.8 Å². The molecule has 0 spiro atoms. The number of fused-ring (bicyclic) bond motifs is 1. The first-order valence-electron chi connectivity index (χ1n) is 10.1. The van der Waals surface area contributed by atoms with Crippen molar-refractivity contribution in [1.29, 1.82) is 0 Å². The van der Waals surface area contributed by atoms with E-state index in [1.54, 1.807) is 6.92 Å². The number of anilines is 2. The van der Waals surface area contributed by atoms with Crippen molar-refractivity contribution < 1.29 is 27.4 Å². The Morgan fingerprint density at radius 1 is 1.24 bits per heavy atom. The lowest BCUT2D eigenvalue weighted by molar-refractivity contribution is -0.125. The molecular formula is C21H23N4O6PS. The third-order valence-corrected chi connectivity index (χ3v) is 7.63. The zero-order valence-electron chi connectivity index (χ0n) is 18.0. The Balaban J connectivity index is 1.68. The molecule has 174 valence electrons. The summed E-state index contributed by atoms with van der Waals surface area (Å²) in [6.45, 7) is 2.00. The van der Waals surface area contributed by atoms with Gasteiger partial charge in [0.05, 0.1) is 30.4 Å². The maximum atomic E-state index is 13.7. The highest BCUT2D eigenvalue weighted by atomic mass is 32.2. The summed E-state index contributed by atoms with van der Waals surface area (Å²) in [7, 11) is -7.42. The molecule has 1 unspecified atom stereocenters. The highest BCUT2D eigenvalue weighted by molar-refractivity contribution is 7.92. The van der Waals surface area contributed by atoms with Crippen LogP contribution in [-0.2, 0) is 30.5 Å². The normalized spacial score (nSPS) is 20.4. The van der Waals surface area contributed by atoms with Gasteiger partial charge in [-0.25, -0.2) is 8.42 Å². The number of nitrogens with one attached hydrogen (secondary N) is 2. The maximum absolute atomic E-state index is 13.7. The molecule has 1 amide bonds. The fourth-order valence-electron chi connectivity index (χ4n) is 3.66. The van der Waals surface area contributed by atoms with Crippen molar-refractivity contribution in [3.05, 3.63) is 65.4 Å². The van der Waals surface area contributed by atoms with E-state index in [9.17, 15) is 22.9 Å². The van der Waals surface area contributed by atoms with Crippen LogP contribution >= 0.6 is 7.52 Å². The van der Waals surface area contributed by atoms with Crippen molar-refractivity contribution in [3.63, 3.8) is 0 Å². The molecule has 2 aliphatic rings. The Morgan fingerprint density at radius 3 is 2.64 bits per heavy atom. The van der Waals surface area contributed by atoms with Crippen molar-refractivity contribution in [2.45, 2.75) is 13.5 Å². The maximum Gasteiger partial charge on any atom is 0.348 e. The number of nitrogens with zero attached hydrogens (tertiary/aromatic N) is 2. The second-order valence-corrected chi connectivity index (χ2v) is 11.3. The predicted molar refractivity (Wildman–Crippen MR) is 126 cm³/mol. The first-order chi connectivity index (χ1) is 15.6. The van der Waals surface area contributed by atoms with Gasteiger partial charge in [0.15, 0.2) is 5.84 Å².